The molecule has 0 saturated heterocycles. The van der Waals surface area contributed by atoms with Gasteiger partial charge in [0.2, 0.25) is 0 Å². The van der Waals surface area contributed by atoms with Gasteiger partial charge in [0.1, 0.15) is 6.54 Å². The molecule has 3 N–H and O–H groups in total. The predicted octanol–water partition coefficient (Wildman–Crippen LogP) is 0.262. The van der Waals surface area contributed by atoms with Crippen molar-refractivity contribution in [3.05, 3.63) is 12.4 Å². The average Bonchev–Trinajstić information content (AvgIpc) is 2.61. The zero-order valence-electron chi connectivity index (χ0n) is 8.36. The monoisotopic (exact) mass is 234 g/mol. The topological polar surface area (TPSA) is 79.2 Å². The van der Waals surface area contributed by atoms with Gasteiger partial charge in [-0.3, -0.25) is 4.68 Å². The number of aliphatic hydroxyl groups excluding tert-OH is 1. The summed E-state index contributed by atoms with van der Waals surface area (Å²) < 4.78 is 25.0. The van der Waals surface area contributed by atoms with Gasteiger partial charge in [0.05, 0.1) is 18.5 Å². The van der Waals surface area contributed by atoms with Gasteiger partial charge in [-0.25, -0.2) is 13.6 Å². The highest BCUT2D eigenvalue weighted by atomic mass is 19.3. The highest BCUT2D eigenvalue weighted by Gasteiger charge is 2.07. The van der Waals surface area contributed by atoms with Crippen molar-refractivity contribution in [1.82, 2.24) is 15.1 Å². The van der Waals surface area contributed by atoms with E-state index < -0.39 is 19.0 Å². The molecule has 8 heteroatoms. The van der Waals surface area contributed by atoms with E-state index in [2.05, 4.69) is 15.7 Å². The summed E-state index contributed by atoms with van der Waals surface area (Å²) in [6, 6.07) is -0.523. The molecule has 1 aromatic heterocycles. The molecule has 0 aliphatic carbocycles. The Bertz CT molecular complexity index is 343. The lowest BCUT2D eigenvalue weighted by Crippen LogP contribution is -2.30. The fraction of sp³-hybridized carbons (Fsp3) is 0.500. The lowest BCUT2D eigenvalue weighted by molar-refractivity contribution is 0.122. The third-order valence-electron chi connectivity index (χ3n) is 1.61. The summed E-state index contributed by atoms with van der Waals surface area (Å²) in [7, 11) is 0. The second-order valence-corrected chi connectivity index (χ2v) is 2.95. The second-order valence-electron chi connectivity index (χ2n) is 2.95. The number of nitrogens with one attached hydrogen (secondary N) is 2. The van der Waals surface area contributed by atoms with Crippen LogP contribution in [-0.2, 0) is 6.54 Å². The van der Waals surface area contributed by atoms with E-state index in [4.69, 9.17) is 5.11 Å². The summed E-state index contributed by atoms with van der Waals surface area (Å²) in [5.41, 5.74) is 0.316. The zero-order chi connectivity index (χ0) is 12.0. The molecule has 1 rings (SSSR count). The van der Waals surface area contributed by atoms with Crippen molar-refractivity contribution in [3.63, 3.8) is 0 Å². The van der Waals surface area contributed by atoms with Crippen molar-refractivity contribution < 1.29 is 18.7 Å². The summed E-state index contributed by atoms with van der Waals surface area (Å²) in [5.74, 6) is 0. The molecule has 0 aliphatic heterocycles. The van der Waals surface area contributed by atoms with E-state index >= 15 is 0 Å². The number of carbonyl (C=O) groups excluding carboxylic acids is 1. The van der Waals surface area contributed by atoms with Crippen molar-refractivity contribution >= 4 is 11.7 Å². The van der Waals surface area contributed by atoms with E-state index in [1.54, 1.807) is 0 Å². The van der Waals surface area contributed by atoms with E-state index in [0.717, 1.165) is 4.68 Å². The van der Waals surface area contributed by atoms with Gasteiger partial charge < -0.3 is 15.7 Å². The Hall–Kier alpha value is -1.70. The van der Waals surface area contributed by atoms with Gasteiger partial charge in [-0.05, 0) is 0 Å². The van der Waals surface area contributed by atoms with Crippen LogP contribution in [-0.4, -0.2) is 40.5 Å². The highest BCUT2D eigenvalue weighted by molar-refractivity contribution is 5.88. The first-order chi connectivity index (χ1) is 7.61. The summed E-state index contributed by atoms with van der Waals surface area (Å²) in [5, 5.41) is 16.8. The largest absolute Gasteiger partial charge is 0.395 e. The van der Waals surface area contributed by atoms with Gasteiger partial charge in [0, 0.05) is 12.7 Å². The third-order valence-corrected chi connectivity index (χ3v) is 1.61. The number of amides is 2. The molecular weight excluding hydrogens is 222 g/mol. The van der Waals surface area contributed by atoms with Crippen LogP contribution < -0.4 is 10.6 Å². The maximum absolute atomic E-state index is 12.0. The Kier molecular flexibility index (Phi) is 4.65. The van der Waals surface area contributed by atoms with Crippen LogP contribution in [0.1, 0.15) is 0 Å². The maximum atomic E-state index is 12.0. The molecule has 16 heavy (non-hydrogen) atoms. The zero-order valence-corrected chi connectivity index (χ0v) is 8.36. The third kappa shape index (κ3) is 4.22. The van der Waals surface area contributed by atoms with Crippen LogP contribution >= 0.6 is 0 Å². The molecule has 0 unspecified atom stereocenters. The highest BCUT2D eigenvalue weighted by Crippen LogP contribution is 2.06. The van der Waals surface area contributed by atoms with Crippen LogP contribution in [0.4, 0.5) is 19.3 Å². The maximum Gasteiger partial charge on any atom is 0.319 e. The van der Waals surface area contributed by atoms with Crippen LogP contribution in [0.15, 0.2) is 12.4 Å². The number of anilines is 1. The number of hydrogen-bond donors (Lipinski definition) is 3. The SMILES string of the molecule is O=C(NCCO)Nc1cnn(CC(F)F)c1. The number of aliphatic hydroxyl groups is 1. The smallest absolute Gasteiger partial charge is 0.319 e. The number of carbonyl (C=O) groups is 1. The van der Waals surface area contributed by atoms with Crippen LogP contribution in [0.25, 0.3) is 0 Å². The van der Waals surface area contributed by atoms with Gasteiger partial charge in [0.15, 0.2) is 0 Å². The molecule has 1 heterocycles. The summed E-state index contributed by atoms with van der Waals surface area (Å²) >= 11 is 0. The Morgan fingerprint density at radius 2 is 2.38 bits per heavy atom. The molecule has 0 saturated carbocycles. The molecule has 0 aliphatic rings. The van der Waals surface area contributed by atoms with E-state index in [-0.39, 0.29) is 13.2 Å². The normalized spacial score (nSPS) is 10.5. The molecule has 0 fully saturated rings. The quantitative estimate of drug-likeness (QED) is 0.683. The fourth-order valence-corrected chi connectivity index (χ4v) is 1.01. The molecule has 0 radical (unpaired) electrons. The van der Waals surface area contributed by atoms with E-state index in [9.17, 15) is 13.6 Å². The summed E-state index contributed by atoms with van der Waals surface area (Å²) in [6.07, 6.45) is 0.0713. The number of nitrogens with zero attached hydrogens (tertiary/aromatic N) is 2. The summed E-state index contributed by atoms with van der Waals surface area (Å²) in [4.78, 5) is 11.1. The van der Waals surface area contributed by atoms with Gasteiger partial charge in [-0.1, -0.05) is 0 Å². The predicted molar refractivity (Wildman–Crippen MR) is 52.3 cm³/mol. The minimum Gasteiger partial charge on any atom is -0.395 e. The number of rotatable bonds is 5. The first kappa shape index (κ1) is 12.4. The number of hydrogen-bond acceptors (Lipinski definition) is 3. The van der Waals surface area contributed by atoms with Crippen molar-refractivity contribution in [3.8, 4) is 0 Å². The minimum atomic E-state index is -2.49. The van der Waals surface area contributed by atoms with E-state index in [1.807, 2.05) is 0 Å². The molecule has 6 nitrogen and oxygen atoms in total. The molecule has 0 atom stereocenters. The average molecular weight is 234 g/mol. The molecule has 0 bridgehead atoms. The fourth-order valence-electron chi connectivity index (χ4n) is 1.01. The number of aromatic nitrogens is 2. The molecule has 2 amide bonds. The van der Waals surface area contributed by atoms with Crippen molar-refractivity contribution in [1.29, 1.82) is 0 Å². The van der Waals surface area contributed by atoms with Crippen LogP contribution in [0.3, 0.4) is 0 Å². The van der Waals surface area contributed by atoms with Crippen LogP contribution in [0, 0.1) is 0 Å². The Labute approximate surface area is 90.2 Å². The molecular formula is C8H12F2N4O2. The second kappa shape index (κ2) is 6.01. The Morgan fingerprint density at radius 3 is 3.00 bits per heavy atom. The van der Waals surface area contributed by atoms with Gasteiger partial charge in [-0.2, -0.15) is 5.10 Å². The first-order valence-corrected chi connectivity index (χ1v) is 4.58. The molecule has 1 aromatic rings. The van der Waals surface area contributed by atoms with Gasteiger partial charge in [-0.15, -0.1) is 0 Å². The van der Waals surface area contributed by atoms with Gasteiger partial charge in [0.25, 0.3) is 6.43 Å². The van der Waals surface area contributed by atoms with Crippen molar-refractivity contribution in [2.75, 3.05) is 18.5 Å². The Morgan fingerprint density at radius 1 is 1.62 bits per heavy atom. The number of alkyl halides is 2. The summed E-state index contributed by atoms with van der Waals surface area (Å²) in [6.45, 7) is -0.561. The van der Waals surface area contributed by atoms with E-state index in [1.165, 1.54) is 12.4 Å². The number of urea groups is 1. The number of halogens is 2. The lowest BCUT2D eigenvalue weighted by Gasteiger charge is -2.03. The van der Waals surface area contributed by atoms with Crippen molar-refractivity contribution in [2.45, 2.75) is 13.0 Å². The molecule has 90 valence electrons. The Balaban J connectivity index is 2.42. The standard InChI is InChI=1S/C8H12F2N4O2/c9-7(10)5-14-4-6(3-12-14)13-8(16)11-1-2-15/h3-4,7,15H,1-2,5H2,(H2,11,13,16). The van der Waals surface area contributed by atoms with Crippen LogP contribution in [0.2, 0.25) is 0 Å². The van der Waals surface area contributed by atoms with Crippen LogP contribution in [0.5, 0.6) is 0 Å². The first-order valence-electron chi connectivity index (χ1n) is 4.58. The van der Waals surface area contributed by atoms with Gasteiger partial charge >= 0.3 is 6.03 Å². The molecule has 0 spiro atoms. The van der Waals surface area contributed by atoms with Crippen molar-refractivity contribution in [2.24, 2.45) is 0 Å². The lowest BCUT2D eigenvalue weighted by atomic mass is 10.5. The van der Waals surface area contributed by atoms with E-state index in [0.29, 0.717) is 5.69 Å². The minimum absolute atomic E-state index is 0.122. The molecule has 0 aromatic carbocycles.